The van der Waals surface area contributed by atoms with Crippen LogP contribution in [0.5, 0.6) is 0 Å². The third kappa shape index (κ3) is 2.99. The van der Waals surface area contributed by atoms with Gasteiger partial charge in [-0.2, -0.15) is 0 Å². The Morgan fingerprint density at radius 3 is 2.55 bits per heavy atom. The average Bonchev–Trinajstić information content (AvgIpc) is 2.81. The number of fused-ring (bicyclic) bond motifs is 1. The Morgan fingerprint density at radius 1 is 1.14 bits per heavy atom. The first-order valence-electron chi connectivity index (χ1n) is 7.30. The van der Waals surface area contributed by atoms with Crippen molar-refractivity contribution in [3.05, 3.63) is 59.1 Å². The van der Waals surface area contributed by atoms with Crippen molar-refractivity contribution in [2.75, 3.05) is 17.2 Å². The molecule has 0 saturated heterocycles. The molecule has 22 heavy (non-hydrogen) atoms. The van der Waals surface area contributed by atoms with Crippen LogP contribution < -0.4 is 4.90 Å². The average molecular weight is 336 g/mol. The maximum Gasteiger partial charge on any atom is 0.180 e. The zero-order chi connectivity index (χ0) is 15.7. The van der Waals surface area contributed by atoms with Crippen LogP contribution in [0.25, 0.3) is 0 Å². The number of anilines is 1. The molecule has 5 heteroatoms. The SMILES string of the molecule is CC1Cc2ccccc2N1CCS(=O)(=O)c1ccc(Cl)cc1. The highest BCUT2D eigenvalue weighted by molar-refractivity contribution is 7.91. The summed E-state index contributed by atoms with van der Waals surface area (Å²) in [5, 5.41) is 0.543. The van der Waals surface area contributed by atoms with Gasteiger partial charge in [0.15, 0.2) is 9.84 Å². The molecule has 2 aromatic rings. The fourth-order valence-corrected chi connectivity index (χ4v) is 4.30. The zero-order valence-corrected chi connectivity index (χ0v) is 13.9. The molecule has 0 bridgehead atoms. The van der Waals surface area contributed by atoms with Gasteiger partial charge in [-0.15, -0.1) is 0 Å². The molecule has 0 N–H and O–H groups in total. The van der Waals surface area contributed by atoms with E-state index in [-0.39, 0.29) is 5.75 Å². The highest BCUT2D eigenvalue weighted by Gasteiger charge is 2.27. The Morgan fingerprint density at radius 2 is 1.82 bits per heavy atom. The lowest BCUT2D eigenvalue weighted by Crippen LogP contribution is -2.33. The van der Waals surface area contributed by atoms with Crippen molar-refractivity contribution < 1.29 is 8.42 Å². The quantitative estimate of drug-likeness (QED) is 0.857. The first-order valence-corrected chi connectivity index (χ1v) is 9.33. The van der Waals surface area contributed by atoms with Gasteiger partial charge >= 0.3 is 0 Å². The molecule has 0 amide bonds. The van der Waals surface area contributed by atoms with Crippen LogP contribution in [0.4, 0.5) is 5.69 Å². The maximum absolute atomic E-state index is 12.4. The Hall–Kier alpha value is -1.52. The molecule has 3 rings (SSSR count). The minimum absolute atomic E-state index is 0.104. The minimum atomic E-state index is -3.29. The second kappa shape index (κ2) is 5.94. The van der Waals surface area contributed by atoms with E-state index in [0.717, 1.165) is 12.1 Å². The number of halogens is 1. The third-order valence-electron chi connectivity index (χ3n) is 4.12. The molecular formula is C17H18ClNO2S. The Kier molecular flexibility index (Phi) is 4.15. The van der Waals surface area contributed by atoms with Gasteiger partial charge in [-0.1, -0.05) is 29.8 Å². The van der Waals surface area contributed by atoms with Gasteiger partial charge in [0.05, 0.1) is 10.6 Å². The van der Waals surface area contributed by atoms with Crippen LogP contribution in [0.2, 0.25) is 5.02 Å². The fraction of sp³-hybridized carbons (Fsp3) is 0.294. The Bertz CT molecular complexity index is 772. The molecule has 3 nitrogen and oxygen atoms in total. The van der Waals surface area contributed by atoms with E-state index >= 15 is 0 Å². The van der Waals surface area contributed by atoms with Crippen molar-refractivity contribution in [2.24, 2.45) is 0 Å². The predicted octanol–water partition coefficient (Wildman–Crippen LogP) is 3.56. The van der Waals surface area contributed by atoms with Gasteiger partial charge in [0.25, 0.3) is 0 Å². The summed E-state index contributed by atoms with van der Waals surface area (Å²) in [5.41, 5.74) is 2.44. The van der Waals surface area contributed by atoms with E-state index in [9.17, 15) is 8.42 Å². The number of nitrogens with zero attached hydrogens (tertiary/aromatic N) is 1. The fourth-order valence-electron chi connectivity index (χ4n) is 2.95. The van der Waals surface area contributed by atoms with E-state index < -0.39 is 9.84 Å². The van der Waals surface area contributed by atoms with Crippen LogP contribution in [0, 0.1) is 0 Å². The Labute approximate surface area is 136 Å². The van der Waals surface area contributed by atoms with Crippen molar-refractivity contribution >= 4 is 27.1 Å². The summed E-state index contributed by atoms with van der Waals surface area (Å²) in [6.45, 7) is 2.64. The van der Waals surface area contributed by atoms with E-state index in [0.29, 0.717) is 22.5 Å². The lowest BCUT2D eigenvalue weighted by atomic mass is 10.1. The molecule has 116 valence electrons. The standard InChI is InChI=1S/C17H18ClNO2S/c1-13-12-14-4-2-3-5-17(14)19(13)10-11-22(20,21)16-8-6-15(18)7-9-16/h2-9,13H,10-12H2,1H3. The van der Waals surface area contributed by atoms with Crippen molar-refractivity contribution in [1.82, 2.24) is 0 Å². The highest BCUT2D eigenvalue weighted by atomic mass is 35.5. The highest BCUT2D eigenvalue weighted by Crippen LogP contribution is 2.31. The molecule has 1 aliphatic heterocycles. The normalized spacial score (nSPS) is 17.5. The van der Waals surface area contributed by atoms with E-state index in [4.69, 9.17) is 11.6 Å². The number of rotatable bonds is 4. The van der Waals surface area contributed by atoms with Gasteiger partial charge in [-0.05, 0) is 49.2 Å². The van der Waals surface area contributed by atoms with Gasteiger partial charge in [0.1, 0.15) is 0 Å². The zero-order valence-electron chi connectivity index (χ0n) is 12.4. The molecule has 0 fully saturated rings. The molecule has 2 aromatic carbocycles. The molecule has 0 spiro atoms. The number of hydrogen-bond acceptors (Lipinski definition) is 3. The molecule has 1 atom stereocenters. The molecule has 0 aliphatic carbocycles. The summed E-state index contributed by atoms with van der Waals surface area (Å²) in [6, 6.07) is 14.9. The molecule has 1 heterocycles. The first-order chi connectivity index (χ1) is 10.5. The second-order valence-corrected chi connectivity index (χ2v) is 8.19. The van der Waals surface area contributed by atoms with Crippen LogP contribution in [0.1, 0.15) is 12.5 Å². The number of hydrogen-bond donors (Lipinski definition) is 0. The van der Waals surface area contributed by atoms with E-state index in [1.807, 2.05) is 12.1 Å². The smallest absolute Gasteiger partial charge is 0.180 e. The van der Waals surface area contributed by atoms with Gasteiger partial charge in [0.2, 0.25) is 0 Å². The molecular weight excluding hydrogens is 318 g/mol. The van der Waals surface area contributed by atoms with Gasteiger partial charge in [-0.25, -0.2) is 8.42 Å². The van der Waals surface area contributed by atoms with Crippen molar-refractivity contribution in [2.45, 2.75) is 24.3 Å². The van der Waals surface area contributed by atoms with E-state index in [2.05, 4.69) is 24.0 Å². The van der Waals surface area contributed by atoms with Crippen LogP contribution in [-0.4, -0.2) is 26.8 Å². The third-order valence-corrected chi connectivity index (χ3v) is 6.08. The van der Waals surface area contributed by atoms with Crippen molar-refractivity contribution in [3.63, 3.8) is 0 Å². The molecule has 0 aromatic heterocycles. The van der Waals surface area contributed by atoms with Crippen LogP contribution >= 0.6 is 11.6 Å². The molecule has 1 aliphatic rings. The summed E-state index contributed by atoms with van der Waals surface area (Å²) in [4.78, 5) is 2.51. The van der Waals surface area contributed by atoms with Crippen LogP contribution in [0.3, 0.4) is 0 Å². The lowest BCUT2D eigenvalue weighted by molar-refractivity contribution is 0.592. The van der Waals surface area contributed by atoms with Gasteiger partial charge in [0, 0.05) is 23.3 Å². The molecule has 0 saturated carbocycles. The predicted molar refractivity (Wildman–Crippen MR) is 90.5 cm³/mol. The monoisotopic (exact) mass is 335 g/mol. The number of benzene rings is 2. The van der Waals surface area contributed by atoms with E-state index in [1.165, 1.54) is 5.56 Å². The van der Waals surface area contributed by atoms with E-state index in [1.54, 1.807) is 24.3 Å². The molecule has 0 radical (unpaired) electrons. The summed E-state index contributed by atoms with van der Waals surface area (Å²) in [7, 11) is -3.29. The largest absolute Gasteiger partial charge is 0.367 e. The first kappa shape index (κ1) is 15.4. The molecule has 1 unspecified atom stereocenters. The maximum atomic E-state index is 12.4. The topological polar surface area (TPSA) is 37.4 Å². The Balaban J connectivity index is 1.76. The minimum Gasteiger partial charge on any atom is -0.367 e. The number of para-hydroxylation sites is 1. The van der Waals surface area contributed by atoms with Gasteiger partial charge in [-0.3, -0.25) is 0 Å². The summed E-state index contributed by atoms with van der Waals surface area (Å²) < 4.78 is 24.9. The summed E-state index contributed by atoms with van der Waals surface area (Å²) in [5.74, 6) is 0.104. The van der Waals surface area contributed by atoms with Crippen LogP contribution in [0.15, 0.2) is 53.4 Å². The lowest BCUT2D eigenvalue weighted by Gasteiger charge is -2.24. The summed E-state index contributed by atoms with van der Waals surface area (Å²) >= 11 is 5.81. The number of sulfone groups is 1. The van der Waals surface area contributed by atoms with Crippen molar-refractivity contribution in [3.8, 4) is 0 Å². The van der Waals surface area contributed by atoms with Crippen molar-refractivity contribution in [1.29, 1.82) is 0 Å². The summed E-state index contributed by atoms with van der Waals surface area (Å²) in [6.07, 6.45) is 0.969. The van der Waals surface area contributed by atoms with Crippen LogP contribution in [-0.2, 0) is 16.3 Å². The van der Waals surface area contributed by atoms with Gasteiger partial charge < -0.3 is 4.90 Å². The second-order valence-electron chi connectivity index (χ2n) is 5.65.